The van der Waals surface area contributed by atoms with Crippen LogP contribution < -0.4 is 0 Å². The quantitative estimate of drug-likeness (QED) is 0.607. The Labute approximate surface area is 182 Å². The fourth-order valence-electron chi connectivity index (χ4n) is 4.47. The van der Waals surface area contributed by atoms with Crippen LogP contribution in [0.25, 0.3) is 11.1 Å². The predicted octanol–water partition coefficient (Wildman–Crippen LogP) is 4.45. The first-order valence-corrected chi connectivity index (χ1v) is 10.9. The Bertz CT molecular complexity index is 1070. The molecule has 0 spiro atoms. The van der Waals surface area contributed by atoms with Crippen LogP contribution in [0.3, 0.4) is 0 Å². The van der Waals surface area contributed by atoms with Gasteiger partial charge in [-0.1, -0.05) is 5.16 Å². The number of aromatic nitrogens is 4. The van der Waals surface area contributed by atoms with Gasteiger partial charge in [0.15, 0.2) is 0 Å². The van der Waals surface area contributed by atoms with E-state index in [2.05, 4.69) is 15.1 Å². The van der Waals surface area contributed by atoms with Gasteiger partial charge in [0.1, 0.15) is 11.6 Å². The molecule has 0 N–H and O–H groups in total. The third-order valence-corrected chi connectivity index (χ3v) is 6.16. The molecule has 0 saturated carbocycles. The summed E-state index contributed by atoms with van der Waals surface area (Å²) in [5, 5.41) is 4.01. The summed E-state index contributed by atoms with van der Waals surface area (Å²) >= 11 is 0. The first-order chi connectivity index (χ1) is 15.0. The molecule has 1 amide bonds. The molecular formula is C24H29N5O2. The molecule has 7 heteroatoms. The zero-order valence-electron chi connectivity index (χ0n) is 18.7. The molecule has 1 aliphatic heterocycles. The molecule has 0 radical (unpaired) electrons. The Morgan fingerprint density at radius 3 is 2.74 bits per heavy atom. The van der Waals surface area contributed by atoms with Crippen molar-refractivity contribution >= 4 is 5.91 Å². The number of carbonyl (C=O) groups excluding carboxylic acids is 1. The number of aryl methyl sites for hydroxylation is 4. The van der Waals surface area contributed by atoms with Gasteiger partial charge in [-0.3, -0.25) is 9.78 Å². The van der Waals surface area contributed by atoms with E-state index >= 15 is 0 Å². The molecule has 3 aromatic heterocycles. The highest BCUT2D eigenvalue weighted by Gasteiger charge is 2.31. The van der Waals surface area contributed by atoms with E-state index in [-0.39, 0.29) is 11.9 Å². The summed E-state index contributed by atoms with van der Waals surface area (Å²) in [5.41, 5.74) is 5.96. The lowest BCUT2D eigenvalue weighted by atomic mass is 9.92. The lowest BCUT2D eigenvalue weighted by Gasteiger charge is -2.36. The van der Waals surface area contributed by atoms with Crippen molar-refractivity contribution < 1.29 is 9.32 Å². The molecule has 0 bridgehead atoms. The van der Waals surface area contributed by atoms with E-state index in [1.54, 1.807) is 6.20 Å². The van der Waals surface area contributed by atoms with Crippen molar-refractivity contribution in [3.05, 3.63) is 58.8 Å². The molecule has 0 aromatic carbocycles. The Kier molecular flexibility index (Phi) is 6.11. The normalized spacial score (nSPS) is 16.5. The second kappa shape index (κ2) is 8.96. The molecule has 0 aliphatic carbocycles. The van der Waals surface area contributed by atoms with Crippen molar-refractivity contribution in [1.29, 1.82) is 0 Å². The summed E-state index contributed by atoms with van der Waals surface area (Å²) in [6.45, 7) is 8.52. The number of hydrogen-bond donors (Lipinski definition) is 0. The smallest absolute Gasteiger partial charge is 0.223 e. The van der Waals surface area contributed by atoms with Crippen LogP contribution in [-0.2, 0) is 11.2 Å². The van der Waals surface area contributed by atoms with Crippen LogP contribution in [0.2, 0.25) is 0 Å². The highest BCUT2D eigenvalue weighted by molar-refractivity contribution is 5.78. The van der Waals surface area contributed by atoms with E-state index in [1.165, 1.54) is 0 Å². The summed E-state index contributed by atoms with van der Waals surface area (Å²) in [7, 11) is 0. The molecule has 0 unspecified atom stereocenters. The molecule has 4 rings (SSSR count). The van der Waals surface area contributed by atoms with Gasteiger partial charge in [-0.25, -0.2) is 9.97 Å². The number of nitrogens with zero attached hydrogens (tertiary/aromatic N) is 5. The average Bonchev–Trinajstić information content (AvgIpc) is 3.10. The molecule has 3 aromatic rings. The van der Waals surface area contributed by atoms with Crippen molar-refractivity contribution in [3.8, 4) is 11.1 Å². The molecule has 1 aliphatic rings. The lowest BCUT2D eigenvalue weighted by molar-refractivity contribution is -0.135. The van der Waals surface area contributed by atoms with Gasteiger partial charge in [-0.05, 0) is 70.6 Å². The maximum absolute atomic E-state index is 13.3. The van der Waals surface area contributed by atoms with Crippen molar-refractivity contribution in [3.63, 3.8) is 0 Å². The minimum Gasteiger partial charge on any atom is -0.361 e. The monoisotopic (exact) mass is 419 g/mol. The fraction of sp³-hybridized carbons (Fsp3) is 0.458. The van der Waals surface area contributed by atoms with Crippen LogP contribution in [-0.4, -0.2) is 37.5 Å². The number of piperidine rings is 1. The number of carbonyl (C=O) groups is 1. The van der Waals surface area contributed by atoms with Gasteiger partial charge >= 0.3 is 0 Å². The van der Waals surface area contributed by atoms with E-state index in [1.807, 2.05) is 51.1 Å². The Morgan fingerprint density at radius 1 is 1.16 bits per heavy atom. The zero-order chi connectivity index (χ0) is 22.0. The Morgan fingerprint density at radius 2 is 2.00 bits per heavy atom. The number of hydrogen-bond acceptors (Lipinski definition) is 6. The standard InChI is InChI=1S/C24H29N5O2/c1-15-13-25-11-10-19(15)21-14-26-18(4)27-24(21)22-7-5-6-12-29(22)23(30)9-8-20-16(2)28-31-17(20)3/h10-11,13-14,22H,5-9,12H2,1-4H3/t22-/m0/s1. The van der Waals surface area contributed by atoms with E-state index in [9.17, 15) is 4.79 Å². The highest BCUT2D eigenvalue weighted by Crippen LogP contribution is 2.37. The highest BCUT2D eigenvalue weighted by atomic mass is 16.5. The van der Waals surface area contributed by atoms with Gasteiger partial charge in [0.25, 0.3) is 0 Å². The number of likely N-dealkylation sites (tertiary alicyclic amines) is 1. The second-order valence-electron chi connectivity index (χ2n) is 8.31. The third-order valence-electron chi connectivity index (χ3n) is 6.16. The molecule has 1 saturated heterocycles. The van der Waals surface area contributed by atoms with Gasteiger partial charge in [-0.2, -0.15) is 0 Å². The molecule has 4 heterocycles. The summed E-state index contributed by atoms with van der Waals surface area (Å²) < 4.78 is 5.26. The molecular weight excluding hydrogens is 390 g/mol. The summed E-state index contributed by atoms with van der Waals surface area (Å²) in [6.07, 6.45) is 9.62. The summed E-state index contributed by atoms with van der Waals surface area (Å²) in [4.78, 5) is 28.9. The first-order valence-electron chi connectivity index (χ1n) is 10.9. The van der Waals surface area contributed by atoms with Gasteiger partial charge < -0.3 is 9.42 Å². The first kappa shape index (κ1) is 21.2. The number of amides is 1. The zero-order valence-corrected chi connectivity index (χ0v) is 18.7. The minimum absolute atomic E-state index is 0.0461. The van der Waals surface area contributed by atoms with Gasteiger partial charge in [0, 0.05) is 42.7 Å². The Balaban J connectivity index is 1.64. The van der Waals surface area contributed by atoms with Crippen LogP contribution in [0.5, 0.6) is 0 Å². The molecule has 7 nitrogen and oxygen atoms in total. The second-order valence-corrected chi connectivity index (χ2v) is 8.31. The van der Waals surface area contributed by atoms with Gasteiger partial charge in [-0.15, -0.1) is 0 Å². The lowest BCUT2D eigenvalue weighted by Crippen LogP contribution is -2.39. The molecule has 162 valence electrons. The molecule has 1 atom stereocenters. The van der Waals surface area contributed by atoms with E-state index in [0.29, 0.717) is 12.8 Å². The number of pyridine rings is 1. The predicted molar refractivity (Wildman–Crippen MR) is 117 cm³/mol. The largest absolute Gasteiger partial charge is 0.361 e. The maximum Gasteiger partial charge on any atom is 0.223 e. The van der Waals surface area contributed by atoms with Crippen molar-refractivity contribution in [2.75, 3.05) is 6.54 Å². The maximum atomic E-state index is 13.3. The third kappa shape index (κ3) is 4.36. The van der Waals surface area contributed by atoms with Crippen LogP contribution in [0.4, 0.5) is 0 Å². The van der Waals surface area contributed by atoms with Gasteiger partial charge in [0.2, 0.25) is 5.91 Å². The van der Waals surface area contributed by atoms with E-state index < -0.39 is 0 Å². The van der Waals surface area contributed by atoms with Crippen molar-refractivity contribution in [1.82, 2.24) is 25.0 Å². The topological polar surface area (TPSA) is 85.0 Å². The van der Waals surface area contributed by atoms with Crippen LogP contribution in [0, 0.1) is 27.7 Å². The fourth-order valence-corrected chi connectivity index (χ4v) is 4.47. The Hall–Kier alpha value is -3.09. The molecule has 1 fully saturated rings. The molecule has 31 heavy (non-hydrogen) atoms. The van der Waals surface area contributed by atoms with E-state index in [4.69, 9.17) is 9.51 Å². The van der Waals surface area contributed by atoms with Crippen LogP contribution in [0.15, 0.2) is 29.2 Å². The minimum atomic E-state index is -0.0461. The van der Waals surface area contributed by atoms with Crippen LogP contribution in [0.1, 0.15) is 65.8 Å². The van der Waals surface area contributed by atoms with Gasteiger partial charge in [0.05, 0.1) is 17.4 Å². The van der Waals surface area contributed by atoms with E-state index in [0.717, 1.165) is 71.0 Å². The van der Waals surface area contributed by atoms with Crippen molar-refractivity contribution in [2.45, 2.75) is 65.8 Å². The average molecular weight is 420 g/mol. The summed E-state index contributed by atoms with van der Waals surface area (Å²) in [6, 6.07) is 1.95. The number of rotatable bonds is 5. The van der Waals surface area contributed by atoms with Crippen LogP contribution >= 0.6 is 0 Å². The van der Waals surface area contributed by atoms with Crippen molar-refractivity contribution in [2.24, 2.45) is 0 Å². The summed E-state index contributed by atoms with van der Waals surface area (Å²) in [5.74, 6) is 1.67. The SMILES string of the molecule is Cc1ncc(-c2ccncc2C)c([C@@H]2CCCCN2C(=O)CCc2c(C)noc2C)n1.